The Morgan fingerprint density at radius 1 is 1.08 bits per heavy atom. The van der Waals surface area contributed by atoms with Gasteiger partial charge in [-0.3, -0.25) is 4.99 Å². The molecule has 0 radical (unpaired) electrons. The fraction of sp³-hybridized carbons (Fsp3) is 0.789. The molecule has 1 aromatic heterocycles. The van der Waals surface area contributed by atoms with Crippen molar-refractivity contribution in [3.63, 3.8) is 0 Å². The fourth-order valence-electron chi connectivity index (χ4n) is 2.54. The normalized spacial score (nSPS) is 12.0. The first kappa shape index (κ1) is 21.9. The number of rotatable bonds is 12. The van der Waals surface area contributed by atoms with E-state index in [2.05, 4.69) is 60.4 Å². The van der Waals surface area contributed by atoms with Crippen molar-refractivity contribution < 1.29 is 0 Å². The van der Waals surface area contributed by atoms with Crippen LogP contribution in [0, 0.1) is 13.8 Å². The molecule has 1 rings (SSSR count). The highest BCUT2D eigenvalue weighted by Gasteiger charge is 2.04. The summed E-state index contributed by atoms with van der Waals surface area (Å²) in [7, 11) is 4.28. The Balaban J connectivity index is 2.18. The molecule has 1 heterocycles. The van der Waals surface area contributed by atoms with Gasteiger partial charge in [0.25, 0.3) is 0 Å². The van der Waals surface area contributed by atoms with Crippen molar-refractivity contribution >= 4 is 17.3 Å². The van der Waals surface area contributed by atoms with Crippen LogP contribution in [0.25, 0.3) is 0 Å². The molecule has 0 amide bonds. The van der Waals surface area contributed by atoms with Gasteiger partial charge in [0.15, 0.2) is 5.96 Å². The zero-order valence-electron chi connectivity index (χ0n) is 16.8. The topological polar surface area (TPSA) is 52.6 Å². The van der Waals surface area contributed by atoms with E-state index in [4.69, 9.17) is 0 Å². The lowest BCUT2D eigenvalue weighted by Gasteiger charge is -2.10. The molecule has 6 heteroatoms. The van der Waals surface area contributed by atoms with Crippen molar-refractivity contribution in [1.82, 2.24) is 20.5 Å². The molecule has 0 fully saturated rings. The lowest BCUT2D eigenvalue weighted by atomic mass is 10.1. The third-order valence-corrected chi connectivity index (χ3v) is 5.21. The molecular formula is C19H37N5S. The molecule has 0 unspecified atom stereocenters. The molecule has 0 bridgehead atoms. The van der Waals surface area contributed by atoms with E-state index in [0.717, 1.165) is 37.7 Å². The maximum atomic E-state index is 4.68. The summed E-state index contributed by atoms with van der Waals surface area (Å²) in [4.78, 5) is 12.9. The number of nitrogens with one attached hydrogen (secondary N) is 2. The lowest BCUT2D eigenvalue weighted by molar-refractivity contribution is 0.390. The van der Waals surface area contributed by atoms with E-state index >= 15 is 0 Å². The van der Waals surface area contributed by atoms with Gasteiger partial charge in [-0.2, -0.15) is 0 Å². The molecule has 0 aliphatic heterocycles. The van der Waals surface area contributed by atoms with Gasteiger partial charge in [0, 0.05) is 30.9 Å². The number of hydrogen-bond donors (Lipinski definition) is 2. The van der Waals surface area contributed by atoms with Gasteiger partial charge >= 0.3 is 0 Å². The third kappa shape index (κ3) is 10.4. The molecule has 144 valence electrons. The largest absolute Gasteiger partial charge is 0.357 e. The summed E-state index contributed by atoms with van der Waals surface area (Å²) in [6.07, 6.45) is 7.34. The molecule has 0 atom stereocenters. The Bertz CT molecular complexity index is 477. The van der Waals surface area contributed by atoms with Crippen LogP contribution in [0.4, 0.5) is 0 Å². The summed E-state index contributed by atoms with van der Waals surface area (Å²) in [5.41, 5.74) is 1.16. The standard InChI is InChI=1S/C19H37N5S/c1-6-20-19(21-13-10-8-7-9-11-15-24(4)5)22-14-12-18-23-16(2)17(3)25-18/h6-15H2,1-5H3,(H2,20,21,22). The Morgan fingerprint density at radius 2 is 1.80 bits per heavy atom. The van der Waals surface area contributed by atoms with Crippen molar-refractivity contribution in [2.24, 2.45) is 4.99 Å². The summed E-state index contributed by atoms with van der Waals surface area (Å²) in [6.45, 7) is 10.2. The second-order valence-electron chi connectivity index (χ2n) is 6.76. The van der Waals surface area contributed by atoms with Crippen LogP contribution in [0.5, 0.6) is 0 Å². The smallest absolute Gasteiger partial charge is 0.191 e. The van der Waals surface area contributed by atoms with E-state index in [1.54, 1.807) is 11.3 Å². The van der Waals surface area contributed by atoms with Gasteiger partial charge in [-0.25, -0.2) is 4.98 Å². The first-order chi connectivity index (χ1) is 12.0. The summed E-state index contributed by atoms with van der Waals surface area (Å²) < 4.78 is 0. The minimum atomic E-state index is 0.878. The van der Waals surface area contributed by atoms with Crippen LogP contribution < -0.4 is 10.6 Å². The second-order valence-corrected chi connectivity index (χ2v) is 8.05. The van der Waals surface area contributed by atoms with Crippen LogP contribution in [-0.2, 0) is 6.42 Å². The maximum absolute atomic E-state index is 4.68. The number of hydrogen-bond acceptors (Lipinski definition) is 4. The van der Waals surface area contributed by atoms with Crippen LogP contribution in [0.2, 0.25) is 0 Å². The Kier molecular flexibility index (Phi) is 11.5. The van der Waals surface area contributed by atoms with Crippen LogP contribution >= 0.6 is 11.3 Å². The van der Waals surface area contributed by atoms with E-state index < -0.39 is 0 Å². The zero-order valence-corrected chi connectivity index (χ0v) is 17.6. The Hall–Kier alpha value is -1.14. The summed E-state index contributed by atoms with van der Waals surface area (Å²) in [5.74, 6) is 0.931. The summed E-state index contributed by atoms with van der Waals surface area (Å²) in [6, 6.07) is 0. The maximum Gasteiger partial charge on any atom is 0.191 e. The molecule has 0 aliphatic carbocycles. The molecule has 0 aromatic carbocycles. The summed E-state index contributed by atoms with van der Waals surface area (Å²) in [5, 5.41) is 7.95. The van der Waals surface area contributed by atoms with Crippen LogP contribution in [0.3, 0.4) is 0 Å². The van der Waals surface area contributed by atoms with Gasteiger partial charge in [0.2, 0.25) is 0 Å². The van der Waals surface area contributed by atoms with Crippen molar-refractivity contribution in [2.75, 3.05) is 40.3 Å². The number of guanidine groups is 1. The lowest BCUT2D eigenvalue weighted by Crippen LogP contribution is -2.38. The van der Waals surface area contributed by atoms with E-state index in [1.807, 2.05) is 0 Å². The zero-order chi connectivity index (χ0) is 18.5. The molecule has 0 aliphatic rings. The van der Waals surface area contributed by atoms with Crippen molar-refractivity contribution in [1.29, 1.82) is 0 Å². The molecule has 1 aromatic rings. The summed E-state index contributed by atoms with van der Waals surface area (Å²) >= 11 is 1.80. The predicted octanol–water partition coefficient (Wildman–Crippen LogP) is 3.37. The highest BCUT2D eigenvalue weighted by Crippen LogP contribution is 2.16. The molecular weight excluding hydrogens is 330 g/mol. The number of nitrogens with zero attached hydrogens (tertiary/aromatic N) is 3. The van der Waals surface area contributed by atoms with E-state index in [9.17, 15) is 0 Å². The average molecular weight is 368 g/mol. The highest BCUT2D eigenvalue weighted by molar-refractivity contribution is 7.11. The molecule has 0 saturated heterocycles. The van der Waals surface area contributed by atoms with Gasteiger partial charge in [-0.15, -0.1) is 11.3 Å². The number of thiazole rings is 1. The van der Waals surface area contributed by atoms with Gasteiger partial charge < -0.3 is 15.5 Å². The predicted molar refractivity (Wildman–Crippen MR) is 111 cm³/mol. The number of unbranched alkanes of at least 4 members (excludes halogenated alkanes) is 4. The van der Waals surface area contributed by atoms with Gasteiger partial charge in [-0.05, 0) is 54.3 Å². The van der Waals surface area contributed by atoms with Crippen LogP contribution in [0.15, 0.2) is 4.99 Å². The minimum Gasteiger partial charge on any atom is -0.357 e. The average Bonchev–Trinajstić information content (AvgIpc) is 2.87. The van der Waals surface area contributed by atoms with E-state index in [1.165, 1.54) is 48.5 Å². The molecule has 25 heavy (non-hydrogen) atoms. The fourth-order valence-corrected chi connectivity index (χ4v) is 3.47. The first-order valence-corrected chi connectivity index (χ1v) is 10.4. The highest BCUT2D eigenvalue weighted by atomic mass is 32.1. The SMILES string of the molecule is CCNC(=NCCCCCCCN(C)C)NCCc1nc(C)c(C)s1. The van der Waals surface area contributed by atoms with Crippen LogP contribution in [0.1, 0.15) is 54.6 Å². The Morgan fingerprint density at radius 3 is 2.44 bits per heavy atom. The quantitative estimate of drug-likeness (QED) is 0.338. The molecule has 0 saturated carbocycles. The molecule has 2 N–H and O–H groups in total. The van der Waals surface area contributed by atoms with Crippen molar-refractivity contribution in [3.05, 3.63) is 15.6 Å². The Labute approximate surface area is 158 Å². The molecule has 0 spiro atoms. The van der Waals surface area contributed by atoms with Crippen LogP contribution in [-0.4, -0.2) is 56.1 Å². The van der Waals surface area contributed by atoms with Gasteiger partial charge in [0.1, 0.15) is 0 Å². The van der Waals surface area contributed by atoms with Crippen molar-refractivity contribution in [2.45, 2.75) is 59.3 Å². The molecule has 5 nitrogen and oxygen atoms in total. The van der Waals surface area contributed by atoms with Gasteiger partial charge in [-0.1, -0.05) is 19.3 Å². The van der Waals surface area contributed by atoms with E-state index in [0.29, 0.717) is 0 Å². The number of aliphatic imine (C=N–C) groups is 1. The monoisotopic (exact) mass is 367 g/mol. The van der Waals surface area contributed by atoms with Gasteiger partial charge in [0.05, 0.1) is 10.7 Å². The number of aryl methyl sites for hydroxylation is 2. The van der Waals surface area contributed by atoms with Crippen molar-refractivity contribution in [3.8, 4) is 0 Å². The second kappa shape index (κ2) is 13.1. The number of aromatic nitrogens is 1. The van der Waals surface area contributed by atoms with E-state index in [-0.39, 0.29) is 0 Å². The first-order valence-electron chi connectivity index (χ1n) is 9.62. The minimum absolute atomic E-state index is 0.878. The third-order valence-electron chi connectivity index (χ3n) is 4.08.